The summed E-state index contributed by atoms with van der Waals surface area (Å²) in [6, 6.07) is 0. The monoisotopic (exact) mass is 364 g/mol. The number of rotatable bonds is 9. The zero-order valence-corrected chi connectivity index (χ0v) is 12.7. The molecule has 1 saturated heterocycles. The van der Waals surface area contributed by atoms with Gasteiger partial charge in [0.05, 0.1) is 19.8 Å². The first kappa shape index (κ1) is 20.8. The molecule has 0 spiro atoms. The quantitative estimate of drug-likeness (QED) is 0.183. The van der Waals surface area contributed by atoms with Gasteiger partial charge in [-0.1, -0.05) is 0 Å². The Kier molecular flexibility index (Phi) is 7.93. The van der Waals surface area contributed by atoms with Gasteiger partial charge < -0.3 is 49.9 Å². The maximum atomic E-state index is 10.5. The molecular weight excluding hydrogens is 343 g/mol. The Morgan fingerprint density at radius 2 is 1.61 bits per heavy atom. The van der Waals surface area contributed by atoms with Crippen molar-refractivity contribution in [2.45, 2.75) is 42.9 Å². The van der Waals surface area contributed by atoms with Gasteiger partial charge in [0.1, 0.15) is 36.6 Å². The van der Waals surface area contributed by atoms with Gasteiger partial charge in [-0.15, -0.1) is 0 Å². The van der Waals surface area contributed by atoms with Gasteiger partial charge in [0.15, 0.2) is 6.29 Å². The molecule has 1 rings (SSSR count). The molecule has 0 unspecified atom stereocenters. The first-order valence-corrected chi connectivity index (χ1v) is 8.08. The summed E-state index contributed by atoms with van der Waals surface area (Å²) in [5.74, 6) is 0. The fraction of sp³-hybridized carbons (Fsp3) is 1.00. The van der Waals surface area contributed by atoms with Crippen LogP contribution in [0.25, 0.3) is 0 Å². The van der Waals surface area contributed by atoms with Crippen molar-refractivity contribution in [2.75, 3.05) is 19.8 Å². The Hall–Kier alpha value is -0.210. The van der Waals surface area contributed by atoms with Gasteiger partial charge in [0, 0.05) is 0 Å². The lowest BCUT2D eigenvalue weighted by atomic mass is 10.1. The fourth-order valence-electron chi connectivity index (χ4n) is 1.82. The van der Waals surface area contributed by atoms with Crippen LogP contribution in [0, 0.1) is 0 Å². The molecule has 23 heavy (non-hydrogen) atoms. The highest BCUT2D eigenvalue weighted by Gasteiger charge is 2.43. The second-order valence-corrected chi connectivity index (χ2v) is 6.19. The van der Waals surface area contributed by atoms with E-state index in [-0.39, 0.29) is 0 Å². The lowest BCUT2D eigenvalue weighted by molar-refractivity contribution is -0.194. The van der Waals surface area contributed by atoms with Crippen molar-refractivity contribution in [3.05, 3.63) is 0 Å². The van der Waals surface area contributed by atoms with Crippen molar-refractivity contribution in [2.24, 2.45) is 0 Å². The van der Waals surface area contributed by atoms with Gasteiger partial charge in [-0.05, 0) is 0 Å². The van der Waals surface area contributed by atoms with E-state index in [1.54, 1.807) is 0 Å². The molecule has 0 aliphatic carbocycles. The average Bonchev–Trinajstić information content (AvgIpc) is 2.76. The van der Waals surface area contributed by atoms with Crippen molar-refractivity contribution >= 4 is 7.82 Å². The Bertz CT molecular complexity index is 401. The fourth-order valence-corrected chi connectivity index (χ4v) is 2.17. The largest absolute Gasteiger partial charge is 0.469 e. The molecule has 12 nitrogen and oxygen atoms in total. The minimum atomic E-state index is -4.84. The van der Waals surface area contributed by atoms with Gasteiger partial charge in [-0.3, -0.25) is 4.52 Å². The minimum Gasteiger partial charge on any atom is -0.394 e. The molecule has 1 fully saturated rings. The number of aliphatic hydroxyl groups excluding tert-OH is 6. The third kappa shape index (κ3) is 6.31. The second-order valence-electron chi connectivity index (χ2n) is 4.95. The zero-order chi connectivity index (χ0) is 17.8. The first-order valence-electron chi connectivity index (χ1n) is 6.55. The van der Waals surface area contributed by atoms with Crippen molar-refractivity contribution < 1.29 is 59.0 Å². The van der Waals surface area contributed by atoms with Crippen molar-refractivity contribution in [3.8, 4) is 0 Å². The molecule has 138 valence electrons. The Labute approximate surface area is 130 Å². The molecule has 0 saturated carbocycles. The Morgan fingerprint density at radius 3 is 2.09 bits per heavy atom. The van der Waals surface area contributed by atoms with Gasteiger partial charge in [-0.2, -0.15) is 0 Å². The maximum Gasteiger partial charge on any atom is 0.469 e. The highest BCUT2D eigenvalue weighted by Crippen LogP contribution is 2.35. The van der Waals surface area contributed by atoms with Crippen LogP contribution in [0.3, 0.4) is 0 Å². The molecule has 7 atom stereocenters. The summed E-state index contributed by atoms with van der Waals surface area (Å²) >= 11 is 0. The summed E-state index contributed by atoms with van der Waals surface area (Å²) in [6.07, 6.45) is -10.7. The van der Waals surface area contributed by atoms with Crippen LogP contribution in [0.4, 0.5) is 0 Å². The van der Waals surface area contributed by atoms with Crippen LogP contribution in [-0.4, -0.2) is 103 Å². The van der Waals surface area contributed by atoms with E-state index in [9.17, 15) is 30.1 Å². The van der Waals surface area contributed by atoms with E-state index in [4.69, 9.17) is 24.4 Å². The van der Waals surface area contributed by atoms with Crippen LogP contribution in [-0.2, 0) is 18.6 Å². The van der Waals surface area contributed by atoms with Crippen molar-refractivity contribution in [1.82, 2.24) is 0 Å². The number of phosphoric ester groups is 1. The van der Waals surface area contributed by atoms with Crippen LogP contribution in [0.5, 0.6) is 0 Å². The van der Waals surface area contributed by atoms with Crippen LogP contribution >= 0.6 is 7.82 Å². The summed E-state index contributed by atoms with van der Waals surface area (Å²) in [6.45, 7) is -2.14. The predicted molar refractivity (Wildman–Crippen MR) is 69.7 cm³/mol. The smallest absolute Gasteiger partial charge is 0.394 e. The van der Waals surface area contributed by atoms with Gasteiger partial charge >= 0.3 is 7.82 Å². The van der Waals surface area contributed by atoms with E-state index in [1.165, 1.54) is 0 Å². The minimum absolute atomic E-state index is 0.568. The molecule has 0 amide bonds. The normalized spacial score (nSPS) is 32.7. The standard InChI is InChI=1S/C10H21O12P/c11-1-6-8(15)9(16)10(22-6)20-2-4(12)7(14)5(13)3-21-23(17,18)19/h4-16H,1-3H2,(H2,17,18,19)/t4-,5+,6+,7-,8+,9+,10+/m0/s1. The molecule has 0 bridgehead atoms. The van der Waals surface area contributed by atoms with E-state index in [2.05, 4.69) is 4.52 Å². The molecule has 0 aromatic rings. The highest BCUT2D eigenvalue weighted by atomic mass is 31.2. The van der Waals surface area contributed by atoms with E-state index >= 15 is 0 Å². The zero-order valence-electron chi connectivity index (χ0n) is 11.8. The molecule has 1 aliphatic rings. The Morgan fingerprint density at radius 1 is 1.04 bits per heavy atom. The average molecular weight is 364 g/mol. The molecule has 1 heterocycles. The maximum absolute atomic E-state index is 10.5. The lowest BCUT2D eigenvalue weighted by Gasteiger charge is -2.24. The molecule has 1 aliphatic heterocycles. The molecule has 8 N–H and O–H groups in total. The van der Waals surface area contributed by atoms with Gasteiger partial charge in [0.2, 0.25) is 0 Å². The van der Waals surface area contributed by atoms with E-state index in [0.29, 0.717) is 0 Å². The van der Waals surface area contributed by atoms with Gasteiger partial charge in [0.25, 0.3) is 0 Å². The topological polar surface area (TPSA) is 207 Å². The molecule has 0 radical (unpaired) electrons. The van der Waals surface area contributed by atoms with Gasteiger partial charge in [-0.25, -0.2) is 4.57 Å². The predicted octanol–water partition coefficient (Wildman–Crippen LogP) is -4.37. The summed E-state index contributed by atoms with van der Waals surface area (Å²) in [4.78, 5) is 16.9. The van der Waals surface area contributed by atoms with Crippen LogP contribution < -0.4 is 0 Å². The summed E-state index contributed by atoms with van der Waals surface area (Å²) < 4.78 is 24.3. The second kappa shape index (κ2) is 8.76. The molecule has 0 aromatic heterocycles. The van der Waals surface area contributed by atoms with E-state index in [0.717, 1.165) is 0 Å². The molecule has 0 aromatic carbocycles. The number of hydrogen-bond acceptors (Lipinski definition) is 10. The third-order valence-corrected chi connectivity index (χ3v) is 3.62. The summed E-state index contributed by atoms with van der Waals surface area (Å²) in [5, 5.41) is 56.6. The lowest BCUT2D eigenvalue weighted by Crippen LogP contribution is -2.43. The number of aliphatic hydroxyl groups is 6. The van der Waals surface area contributed by atoms with Crippen LogP contribution in [0.2, 0.25) is 0 Å². The van der Waals surface area contributed by atoms with Crippen LogP contribution in [0.1, 0.15) is 0 Å². The third-order valence-electron chi connectivity index (χ3n) is 3.13. The van der Waals surface area contributed by atoms with Crippen molar-refractivity contribution in [3.63, 3.8) is 0 Å². The molecular formula is C10H21O12P. The Balaban J connectivity index is 2.40. The molecule has 13 heteroatoms. The summed E-state index contributed by atoms with van der Waals surface area (Å²) in [7, 11) is -4.84. The van der Waals surface area contributed by atoms with Crippen LogP contribution in [0.15, 0.2) is 0 Å². The van der Waals surface area contributed by atoms with E-state index < -0.39 is 70.6 Å². The number of ether oxygens (including phenoxy) is 2. The highest BCUT2D eigenvalue weighted by molar-refractivity contribution is 7.46. The van der Waals surface area contributed by atoms with E-state index in [1.807, 2.05) is 0 Å². The van der Waals surface area contributed by atoms with Crippen molar-refractivity contribution in [1.29, 1.82) is 0 Å². The number of hydrogen-bond donors (Lipinski definition) is 8. The summed E-state index contributed by atoms with van der Waals surface area (Å²) in [5.41, 5.74) is 0. The number of phosphoric acid groups is 1. The SMILES string of the molecule is O=P(O)(O)OC[C@@H](O)[C@@H](O)[C@@H](O)CO[C@@H]1O[C@H](CO)[C@@H](O)[C@H]1O. The first-order chi connectivity index (χ1) is 10.6.